The van der Waals surface area contributed by atoms with Gasteiger partial charge in [-0.1, -0.05) is 0 Å². The average Bonchev–Trinajstić information content (AvgIpc) is 2.92. The maximum atomic E-state index is 13.5. The number of nitrogens with one attached hydrogen (secondary N) is 2. The number of halogens is 1. The van der Waals surface area contributed by atoms with Crippen LogP contribution in [0.25, 0.3) is 0 Å². The van der Waals surface area contributed by atoms with Gasteiger partial charge in [0.15, 0.2) is 11.6 Å². The Morgan fingerprint density at radius 1 is 1.53 bits per heavy atom. The largest absolute Gasteiger partial charge is 0.494 e. The summed E-state index contributed by atoms with van der Waals surface area (Å²) >= 11 is 0. The number of benzene rings is 1. The lowest BCUT2D eigenvalue weighted by atomic mass is 10.1. The third-order valence-electron chi connectivity index (χ3n) is 2.78. The Hall–Kier alpha value is -2.37. The molecule has 0 aliphatic rings. The van der Waals surface area contributed by atoms with E-state index in [2.05, 4.69) is 15.5 Å². The van der Waals surface area contributed by atoms with Crippen molar-refractivity contribution in [2.75, 3.05) is 7.11 Å². The predicted octanol–water partition coefficient (Wildman–Crippen LogP) is 2.05. The van der Waals surface area contributed by atoms with Crippen LogP contribution < -0.4 is 10.1 Å². The number of carbonyl (C=O) groups is 1. The van der Waals surface area contributed by atoms with Crippen molar-refractivity contribution < 1.29 is 13.9 Å². The number of aromatic amines is 1. The van der Waals surface area contributed by atoms with Gasteiger partial charge in [-0.2, -0.15) is 5.10 Å². The quantitative estimate of drug-likeness (QED) is 0.887. The summed E-state index contributed by atoms with van der Waals surface area (Å²) in [6.07, 6.45) is 3.32. The smallest absolute Gasteiger partial charge is 0.251 e. The highest BCUT2D eigenvalue weighted by molar-refractivity contribution is 5.94. The number of H-pyrrole nitrogens is 1. The van der Waals surface area contributed by atoms with Crippen LogP contribution >= 0.6 is 0 Å². The first-order valence-electron chi connectivity index (χ1n) is 5.75. The fourth-order valence-electron chi connectivity index (χ4n) is 1.67. The van der Waals surface area contributed by atoms with Crippen molar-refractivity contribution in [3.05, 3.63) is 47.5 Å². The van der Waals surface area contributed by atoms with Gasteiger partial charge in [0.25, 0.3) is 5.91 Å². The van der Waals surface area contributed by atoms with E-state index < -0.39 is 5.82 Å². The van der Waals surface area contributed by atoms with Gasteiger partial charge >= 0.3 is 0 Å². The lowest BCUT2D eigenvalue weighted by molar-refractivity contribution is 0.0939. The molecule has 5 nitrogen and oxygen atoms in total. The zero-order chi connectivity index (χ0) is 13.8. The van der Waals surface area contributed by atoms with E-state index in [0.29, 0.717) is 0 Å². The number of hydrogen-bond acceptors (Lipinski definition) is 3. The van der Waals surface area contributed by atoms with E-state index in [4.69, 9.17) is 4.74 Å². The van der Waals surface area contributed by atoms with Crippen LogP contribution in [0.3, 0.4) is 0 Å². The van der Waals surface area contributed by atoms with E-state index in [-0.39, 0.29) is 23.3 Å². The molecule has 0 aliphatic heterocycles. The highest BCUT2D eigenvalue weighted by atomic mass is 19.1. The van der Waals surface area contributed by atoms with Gasteiger partial charge < -0.3 is 10.1 Å². The Bertz CT molecular complexity index is 569. The summed E-state index contributed by atoms with van der Waals surface area (Å²) in [6, 6.07) is 3.87. The molecule has 2 aromatic rings. The third kappa shape index (κ3) is 2.90. The Morgan fingerprint density at radius 2 is 2.32 bits per heavy atom. The van der Waals surface area contributed by atoms with Crippen LogP contribution in [0.5, 0.6) is 5.75 Å². The summed E-state index contributed by atoms with van der Waals surface area (Å²) in [5.74, 6) is -0.805. The second-order valence-electron chi connectivity index (χ2n) is 4.08. The Morgan fingerprint density at radius 3 is 2.89 bits per heavy atom. The van der Waals surface area contributed by atoms with Crippen molar-refractivity contribution in [3.63, 3.8) is 0 Å². The summed E-state index contributed by atoms with van der Waals surface area (Å²) in [5.41, 5.74) is 1.09. The van der Waals surface area contributed by atoms with Crippen molar-refractivity contribution in [2.45, 2.75) is 13.0 Å². The summed E-state index contributed by atoms with van der Waals surface area (Å²) < 4.78 is 18.3. The molecule has 0 saturated carbocycles. The number of amides is 1. The van der Waals surface area contributed by atoms with Crippen molar-refractivity contribution in [1.82, 2.24) is 15.5 Å². The fraction of sp³-hybridized carbons (Fsp3) is 0.231. The minimum absolute atomic E-state index is 0.111. The summed E-state index contributed by atoms with van der Waals surface area (Å²) in [5, 5.41) is 9.23. The van der Waals surface area contributed by atoms with Crippen molar-refractivity contribution in [2.24, 2.45) is 0 Å². The standard InChI is InChI=1S/C13H14FN3O2/c1-8(10-6-15-16-7-10)17-13(18)9-3-4-12(19-2)11(14)5-9/h3-8H,1-2H3,(H,15,16)(H,17,18). The lowest BCUT2D eigenvalue weighted by Gasteiger charge is -2.12. The molecule has 1 atom stereocenters. The van der Waals surface area contributed by atoms with Crippen LogP contribution in [0.1, 0.15) is 28.9 Å². The van der Waals surface area contributed by atoms with Crippen LogP contribution in [0, 0.1) is 5.82 Å². The van der Waals surface area contributed by atoms with Gasteiger partial charge in [-0.05, 0) is 25.1 Å². The molecule has 0 saturated heterocycles. The van der Waals surface area contributed by atoms with Crippen LogP contribution in [-0.4, -0.2) is 23.2 Å². The van der Waals surface area contributed by atoms with Gasteiger partial charge in [0, 0.05) is 17.3 Å². The highest BCUT2D eigenvalue weighted by Gasteiger charge is 2.14. The van der Waals surface area contributed by atoms with Crippen LogP contribution in [-0.2, 0) is 0 Å². The molecule has 2 N–H and O–H groups in total. The van der Waals surface area contributed by atoms with Crippen molar-refractivity contribution in [3.8, 4) is 5.75 Å². The van der Waals surface area contributed by atoms with Crippen molar-refractivity contribution >= 4 is 5.91 Å². The lowest BCUT2D eigenvalue weighted by Crippen LogP contribution is -2.26. The molecule has 1 aromatic heterocycles. The first-order valence-corrected chi connectivity index (χ1v) is 5.75. The highest BCUT2D eigenvalue weighted by Crippen LogP contribution is 2.18. The Labute approximate surface area is 109 Å². The molecule has 0 fully saturated rings. The molecule has 0 aliphatic carbocycles. The number of aromatic nitrogens is 2. The number of ether oxygens (including phenoxy) is 1. The molecule has 0 spiro atoms. The molecule has 0 radical (unpaired) electrons. The second kappa shape index (κ2) is 5.51. The number of rotatable bonds is 4. The van der Waals surface area contributed by atoms with Gasteiger partial charge in [0.2, 0.25) is 0 Å². The number of hydrogen-bond donors (Lipinski definition) is 2. The molecule has 19 heavy (non-hydrogen) atoms. The van der Waals surface area contributed by atoms with E-state index >= 15 is 0 Å². The van der Waals surface area contributed by atoms with Gasteiger partial charge in [-0.3, -0.25) is 9.89 Å². The molecule has 1 unspecified atom stereocenters. The number of carbonyl (C=O) groups excluding carboxylic acids is 1. The minimum Gasteiger partial charge on any atom is -0.494 e. The van der Waals surface area contributed by atoms with E-state index in [0.717, 1.165) is 11.6 Å². The maximum Gasteiger partial charge on any atom is 0.251 e. The number of methoxy groups -OCH3 is 1. The van der Waals surface area contributed by atoms with Crippen LogP contribution in [0.2, 0.25) is 0 Å². The zero-order valence-electron chi connectivity index (χ0n) is 10.6. The van der Waals surface area contributed by atoms with Gasteiger partial charge in [0.1, 0.15) is 0 Å². The first kappa shape index (κ1) is 13.1. The molecule has 1 amide bonds. The third-order valence-corrected chi connectivity index (χ3v) is 2.78. The normalized spacial score (nSPS) is 11.9. The maximum absolute atomic E-state index is 13.5. The van der Waals surface area contributed by atoms with E-state index in [1.165, 1.54) is 19.2 Å². The SMILES string of the molecule is COc1ccc(C(=O)NC(C)c2cn[nH]c2)cc1F. The topological polar surface area (TPSA) is 67.0 Å². The minimum atomic E-state index is -0.564. The molecule has 0 bridgehead atoms. The second-order valence-corrected chi connectivity index (χ2v) is 4.08. The first-order chi connectivity index (χ1) is 9.11. The Balaban J connectivity index is 2.10. The van der Waals surface area contributed by atoms with Gasteiger partial charge in [0.05, 0.1) is 19.3 Å². The molecule has 1 aromatic carbocycles. The molecule has 2 rings (SSSR count). The monoisotopic (exact) mass is 263 g/mol. The van der Waals surface area contributed by atoms with Crippen LogP contribution in [0.4, 0.5) is 4.39 Å². The summed E-state index contributed by atoms with van der Waals surface area (Å²) in [7, 11) is 1.37. The molecule has 6 heteroatoms. The van der Waals surface area contributed by atoms with Crippen LogP contribution in [0.15, 0.2) is 30.6 Å². The molecular weight excluding hydrogens is 249 g/mol. The molecule has 100 valence electrons. The summed E-state index contributed by atoms with van der Waals surface area (Å²) in [6.45, 7) is 1.82. The van der Waals surface area contributed by atoms with Gasteiger partial charge in [-0.25, -0.2) is 4.39 Å². The average molecular weight is 263 g/mol. The van der Waals surface area contributed by atoms with E-state index in [1.807, 2.05) is 6.92 Å². The predicted molar refractivity (Wildman–Crippen MR) is 67.4 cm³/mol. The fourth-order valence-corrected chi connectivity index (χ4v) is 1.67. The van der Waals surface area contributed by atoms with E-state index in [9.17, 15) is 9.18 Å². The summed E-state index contributed by atoms with van der Waals surface area (Å²) in [4.78, 5) is 12.0. The molecular formula is C13H14FN3O2. The van der Waals surface area contributed by atoms with E-state index in [1.54, 1.807) is 12.4 Å². The van der Waals surface area contributed by atoms with Crippen molar-refractivity contribution in [1.29, 1.82) is 0 Å². The number of nitrogens with zero attached hydrogens (tertiary/aromatic N) is 1. The zero-order valence-corrected chi connectivity index (χ0v) is 10.6. The Kier molecular flexibility index (Phi) is 3.79. The molecule has 1 heterocycles. The van der Waals surface area contributed by atoms with Gasteiger partial charge in [-0.15, -0.1) is 0 Å².